The lowest BCUT2D eigenvalue weighted by Gasteiger charge is -2.11. The molecule has 1 atom stereocenters. The molecule has 2 aromatic rings. The van der Waals surface area contributed by atoms with E-state index < -0.39 is 7.12 Å². The summed E-state index contributed by atoms with van der Waals surface area (Å²) in [6.07, 6.45) is 2.59. The summed E-state index contributed by atoms with van der Waals surface area (Å²) in [4.78, 5) is 0. The molecule has 0 radical (unpaired) electrons. The number of unbranched alkanes of at least 4 members (excludes halogenated alkanes) is 1. The van der Waals surface area contributed by atoms with Crippen molar-refractivity contribution in [2.24, 2.45) is 5.73 Å². The lowest BCUT2D eigenvalue weighted by molar-refractivity contribution is 0.400. The molecule has 4 N–H and O–H groups in total. The number of tetrazole rings is 1. The number of nitrogens with zero attached hydrogens (tertiary/aromatic N) is 4. The quantitative estimate of drug-likeness (QED) is 0.489. The Hall–Kier alpha value is -1.48. The van der Waals surface area contributed by atoms with Crippen LogP contribution >= 0.6 is 12.4 Å². The van der Waals surface area contributed by atoms with Gasteiger partial charge in [0.15, 0.2) is 5.82 Å². The summed E-state index contributed by atoms with van der Waals surface area (Å²) in [5.74, 6) is 0.656. The van der Waals surface area contributed by atoms with Crippen molar-refractivity contribution in [2.45, 2.75) is 38.2 Å². The van der Waals surface area contributed by atoms with Crippen LogP contribution in [0.5, 0.6) is 0 Å². The average molecular weight is 326 g/mol. The molecule has 120 valence electrons. The van der Waals surface area contributed by atoms with Crippen LogP contribution in [0.1, 0.15) is 36.7 Å². The average Bonchev–Trinajstić information content (AvgIpc) is 2.92. The van der Waals surface area contributed by atoms with Gasteiger partial charge in [0.1, 0.15) is 0 Å². The molecule has 0 bridgehead atoms. The fourth-order valence-electron chi connectivity index (χ4n) is 2.17. The fourth-order valence-corrected chi connectivity index (χ4v) is 2.17. The van der Waals surface area contributed by atoms with Gasteiger partial charge in [-0.3, -0.25) is 0 Å². The summed E-state index contributed by atoms with van der Waals surface area (Å²) in [6, 6.07) is 9.68. The van der Waals surface area contributed by atoms with Crippen molar-refractivity contribution in [3.05, 3.63) is 41.7 Å². The van der Waals surface area contributed by atoms with E-state index in [1.54, 1.807) is 4.68 Å². The summed E-state index contributed by atoms with van der Waals surface area (Å²) in [5.41, 5.74) is 7.24. The van der Waals surface area contributed by atoms with Gasteiger partial charge in [-0.05, 0) is 28.7 Å². The first-order valence-electron chi connectivity index (χ1n) is 7.08. The second-order valence-corrected chi connectivity index (χ2v) is 5.05. The first kappa shape index (κ1) is 18.6. The smallest absolute Gasteiger partial charge is 0.427 e. The van der Waals surface area contributed by atoms with E-state index in [9.17, 15) is 0 Å². The summed E-state index contributed by atoms with van der Waals surface area (Å²) in [7, 11) is -1.25. The highest BCUT2D eigenvalue weighted by Crippen LogP contribution is 2.16. The number of rotatable bonds is 8. The van der Waals surface area contributed by atoms with E-state index in [1.807, 2.05) is 30.3 Å². The van der Waals surface area contributed by atoms with E-state index >= 15 is 0 Å². The molecule has 0 fully saturated rings. The molecule has 9 heteroatoms. The molecular weight excluding hydrogens is 304 g/mol. The van der Waals surface area contributed by atoms with E-state index in [2.05, 4.69) is 15.5 Å². The lowest BCUT2D eigenvalue weighted by Crippen LogP contribution is -2.18. The van der Waals surface area contributed by atoms with Gasteiger partial charge >= 0.3 is 7.12 Å². The maximum Gasteiger partial charge on any atom is 0.451 e. The monoisotopic (exact) mass is 325 g/mol. The molecule has 7 nitrogen and oxygen atoms in total. The normalized spacial score (nSPS) is 11.8. The van der Waals surface area contributed by atoms with Crippen molar-refractivity contribution < 1.29 is 10.0 Å². The van der Waals surface area contributed by atoms with Crippen molar-refractivity contribution in [2.75, 3.05) is 0 Å². The highest BCUT2D eigenvalue weighted by Gasteiger charge is 2.15. The Kier molecular flexibility index (Phi) is 8.04. The van der Waals surface area contributed by atoms with Crippen molar-refractivity contribution in [3.8, 4) is 0 Å². The van der Waals surface area contributed by atoms with Gasteiger partial charge in [0.05, 0.1) is 12.6 Å². The lowest BCUT2D eigenvalue weighted by atomic mass is 9.83. The maximum atomic E-state index is 8.80. The molecule has 1 heterocycles. The zero-order valence-corrected chi connectivity index (χ0v) is 13.1. The maximum absolute atomic E-state index is 8.80. The Morgan fingerprint density at radius 3 is 2.59 bits per heavy atom. The van der Waals surface area contributed by atoms with Crippen LogP contribution < -0.4 is 5.73 Å². The van der Waals surface area contributed by atoms with E-state index in [1.165, 1.54) is 0 Å². The predicted molar refractivity (Wildman–Crippen MR) is 86.4 cm³/mol. The summed E-state index contributed by atoms with van der Waals surface area (Å²) >= 11 is 0. The number of halogens is 1. The standard InChI is InChI=1S/C13H20BN5O2.ClH/c15-12(8-4-5-9-14(20)21)13-16-17-18-19(13)10-11-6-2-1-3-7-11;/h1-3,6-7,12,20-21H,4-5,8-10,15H2;1H. The van der Waals surface area contributed by atoms with Gasteiger partial charge in [-0.15, -0.1) is 17.5 Å². The van der Waals surface area contributed by atoms with Crippen LogP contribution in [-0.2, 0) is 6.54 Å². The third-order valence-electron chi connectivity index (χ3n) is 3.29. The van der Waals surface area contributed by atoms with Gasteiger partial charge < -0.3 is 15.8 Å². The van der Waals surface area contributed by atoms with Gasteiger partial charge in [-0.2, -0.15) is 0 Å². The van der Waals surface area contributed by atoms with Gasteiger partial charge in [0.2, 0.25) is 0 Å². The highest BCUT2D eigenvalue weighted by molar-refractivity contribution is 6.40. The molecular formula is C13H21BClN5O2. The second kappa shape index (κ2) is 9.52. The minimum absolute atomic E-state index is 0. The zero-order chi connectivity index (χ0) is 15.1. The SMILES string of the molecule is Cl.NC(CCCCB(O)O)c1nnnn1Cc1ccccc1. The molecule has 0 spiro atoms. The Balaban J connectivity index is 0.00000242. The Labute approximate surface area is 136 Å². The van der Waals surface area contributed by atoms with Crippen molar-refractivity contribution in [1.29, 1.82) is 0 Å². The summed E-state index contributed by atoms with van der Waals surface area (Å²) in [6.45, 7) is 0.590. The van der Waals surface area contributed by atoms with Crippen LogP contribution in [0.15, 0.2) is 30.3 Å². The third kappa shape index (κ3) is 5.72. The molecule has 0 saturated carbocycles. The minimum Gasteiger partial charge on any atom is -0.427 e. The Morgan fingerprint density at radius 1 is 1.18 bits per heavy atom. The number of aromatic nitrogens is 4. The highest BCUT2D eigenvalue weighted by atomic mass is 35.5. The van der Waals surface area contributed by atoms with Crippen molar-refractivity contribution >= 4 is 19.5 Å². The Morgan fingerprint density at radius 2 is 1.91 bits per heavy atom. The van der Waals surface area contributed by atoms with Gasteiger partial charge in [0, 0.05) is 0 Å². The van der Waals surface area contributed by atoms with Crippen LogP contribution in [0, 0.1) is 0 Å². The molecule has 0 saturated heterocycles. The first-order valence-corrected chi connectivity index (χ1v) is 7.08. The molecule has 2 rings (SSSR count). The fraction of sp³-hybridized carbons (Fsp3) is 0.462. The first-order chi connectivity index (χ1) is 10.2. The molecule has 1 aromatic heterocycles. The number of nitrogens with two attached hydrogens (primary N) is 1. The number of hydrogen-bond acceptors (Lipinski definition) is 6. The number of hydrogen-bond donors (Lipinski definition) is 3. The van der Waals surface area contributed by atoms with Gasteiger partial charge in [-0.25, -0.2) is 4.68 Å². The largest absolute Gasteiger partial charge is 0.451 e. The minimum atomic E-state index is -1.25. The van der Waals surface area contributed by atoms with Crippen LogP contribution in [0.4, 0.5) is 0 Å². The van der Waals surface area contributed by atoms with Crippen LogP contribution in [0.25, 0.3) is 0 Å². The Bertz CT molecular complexity index is 540. The zero-order valence-electron chi connectivity index (χ0n) is 12.2. The van der Waals surface area contributed by atoms with Crippen molar-refractivity contribution in [3.63, 3.8) is 0 Å². The van der Waals surface area contributed by atoms with Gasteiger partial charge in [0.25, 0.3) is 0 Å². The number of benzene rings is 1. The third-order valence-corrected chi connectivity index (χ3v) is 3.29. The van der Waals surface area contributed by atoms with Crippen LogP contribution in [0.3, 0.4) is 0 Å². The van der Waals surface area contributed by atoms with Crippen LogP contribution in [0.2, 0.25) is 6.32 Å². The predicted octanol–water partition coefficient (Wildman–Crippen LogP) is 0.786. The van der Waals surface area contributed by atoms with E-state index in [-0.39, 0.29) is 18.4 Å². The van der Waals surface area contributed by atoms with E-state index in [0.717, 1.165) is 12.0 Å². The van der Waals surface area contributed by atoms with E-state index in [4.69, 9.17) is 15.8 Å². The molecule has 0 amide bonds. The summed E-state index contributed by atoms with van der Waals surface area (Å²) < 4.78 is 1.71. The summed E-state index contributed by atoms with van der Waals surface area (Å²) in [5, 5.41) is 29.3. The molecule has 1 unspecified atom stereocenters. The van der Waals surface area contributed by atoms with Crippen molar-refractivity contribution in [1.82, 2.24) is 20.2 Å². The topological polar surface area (TPSA) is 110 Å². The molecule has 0 aliphatic heterocycles. The molecule has 1 aromatic carbocycles. The molecule has 0 aliphatic carbocycles. The van der Waals surface area contributed by atoms with E-state index in [0.29, 0.717) is 31.5 Å². The molecule has 0 aliphatic rings. The molecule has 22 heavy (non-hydrogen) atoms. The van der Waals surface area contributed by atoms with Crippen LogP contribution in [-0.4, -0.2) is 37.4 Å². The second-order valence-electron chi connectivity index (χ2n) is 5.05. The van der Waals surface area contributed by atoms with Gasteiger partial charge in [-0.1, -0.05) is 43.2 Å².